The molecule has 6 nitrogen and oxygen atoms in total. The fourth-order valence-electron chi connectivity index (χ4n) is 2.81. The zero-order valence-corrected chi connectivity index (χ0v) is 17.5. The Morgan fingerprint density at radius 1 is 1.21 bits per heavy atom. The standard InChI is InChI=1S/C22H24ClN3O3/c1-14(2)28-18-11-12-19(15(3)13-18)24-20(27)5-4-6-21-25-22(26-29-21)16-7-9-17(23)10-8-16/h7-14H,4-6H2,1-3H3,(H,24,27). The number of aryl methyl sites for hydroxylation is 2. The highest BCUT2D eigenvalue weighted by Crippen LogP contribution is 2.23. The molecule has 0 aliphatic carbocycles. The van der Waals surface area contributed by atoms with E-state index >= 15 is 0 Å². The summed E-state index contributed by atoms with van der Waals surface area (Å²) in [4.78, 5) is 16.6. The number of benzene rings is 2. The van der Waals surface area contributed by atoms with Crippen LogP contribution in [-0.4, -0.2) is 22.2 Å². The fourth-order valence-corrected chi connectivity index (χ4v) is 2.93. The maximum atomic E-state index is 12.3. The lowest BCUT2D eigenvalue weighted by molar-refractivity contribution is -0.116. The number of ether oxygens (including phenoxy) is 1. The molecule has 0 aliphatic rings. The van der Waals surface area contributed by atoms with Crippen LogP contribution in [0.5, 0.6) is 5.75 Å². The van der Waals surface area contributed by atoms with Gasteiger partial charge in [0.15, 0.2) is 0 Å². The number of amides is 1. The van der Waals surface area contributed by atoms with Crippen LogP contribution in [0.2, 0.25) is 5.02 Å². The van der Waals surface area contributed by atoms with Gasteiger partial charge >= 0.3 is 0 Å². The van der Waals surface area contributed by atoms with Gasteiger partial charge in [-0.1, -0.05) is 16.8 Å². The summed E-state index contributed by atoms with van der Waals surface area (Å²) >= 11 is 5.89. The molecule has 0 unspecified atom stereocenters. The number of nitrogens with one attached hydrogen (secondary N) is 1. The van der Waals surface area contributed by atoms with E-state index in [2.05, 4.69) is 15.5 Å². The van der Waals surface area contributed by atoms with Crippen molar-refractivity contribution in [1.82, 2.24) is 10.1 Å². The minimum Gasteiger partial charge on any atom is -0.491 e. The molecule has 3 rings (SSSR count). The highest BCUT2D eigenvalue weighted by Gasteiger charge is 2.11. The van der Waals surface area contributed by atoms with Crippen LogP contribution in [0.25, 0.3) is 11.4 Å². The molecular formula is C22H24ClN3O3. The van der Waals surface area contributed by atoms with Crippen molar-refractivity contribution in [2.24, 2.45) is 0 Å². The molecule has 0 saturated carbocycles. The Balaban J connectivity index is 1.48. The first-order valence-corrected chi connectivity index (χ1v) is 9.94. The van der Waals surface area contributed by atoms with E-state index < -0.39 is 0 Å². The Kier molecular flexibility index (Phi) is 6.88. The van der Waals surface area contributed by atoms with Gasteiger partial charge in [-0.25, -0.2) is 0 Å². The van der Waals surface area contributed by atoms with Gasteiger partial charge in [-0.3, -0.25) is 4.79 Å². The van der Waals surface area contributed by atoms with Gasteiger partial charge in [-0.15, -0.1) is 0 Å². The first kappa shape index (κ1) is 20.9. The lowest BCUT2D eigenvalue weighted by atomic mass is 10.1. The molecule has 152 valence electrons. The summed E-state index contributed by atoms with van der Waals surface area (Å²) < 4.78 is 10.9. The van der Waals surface area contributed by atoms with Crippen LogP contribution in [-0.2, 0) is 11.2 Å². The normalized spacial score (nSPS) is 10.9. The minimum atomic E-state index is -0.0527. The van der Waals surface area contributed by atoms with Crippen LogP contribution in [0.15, 0.2) is 47.0 Å². The van der Waals surface area contributed by atoms with E-state index in [0.29, 0.717) is 36.0 Å². The molecule has 1 N–H and O–H groups in total. The second-order valence-corrected chi connectivity index (χ2v) is 7.50. The molecule has 29 heavy (non-hydrogen) atoms. The number of hydrogen-bond acceptors (Lipinski definition) is 5. The van der Waals surface area contributed by atoms with Gasteiger partial charge in [0, 0.05) is 29.1 Å². The second-order valence-electron chi connectivity index (χ2n) is 7.06. The third-order valence-electron chi connectivity index (χ3n) is 4.21. The van der Waals surface area contributed by atoms with Crippen molar-refractivity contribution in [2.75, 3.05) is 5.32 Å². The molecule has 0 radical (unpaired) electrons. The Hall–Kier alpha value is -2.86. The predicted molar refractivity (Wildman–Crippen MR) is 113 cm³/mol. The summed E-state index contributed by atoms with van der Waals surface area (Å²) in [6, 6.07) is 12.9. The molecule has 7 heteroatoms. The first-order valence-electron chi connectivity index (χ1n) is 9.56. The fraction of sp³-hybridized carbons (Fsp3) is 0.318. The third-order valence-corrected chi connectivity index (χ3v) is 4.46. The number of carbonyl (C=O) groups excluding carboxylic acids is 1. The lowest BCUT2D eigenvalue weighted by Gasteiger charge is -2.13. The molecule has 1 amide bonds. The molecule has 1 heterocycles. The van der Waals surface area contributed by atoms with Crippen LogP contribution in [0.4, 0.5) is 5.69 Å². The number of aromatic nitrogens is 2. The van der Waals surface area contributed by atoms with E-state index in [9.17, 15) is 4.79 Å². The van der Waals surface area contributed by atoms with Gasteiger partial charge < -0.3 is 14.6 Å². The Morgan fingerprint density at radius 3 is 2.66 bits per heavy atom. The topological polar surface area (TPSA) is 77.2 Å². The molecule has 0 atom stereocenters. The highest BCUT2D eigenvalue weighted by molar-refractivity contribution is 6.30. The van der Waals surface area contributed by atoms with Gasteiger partial charge in [0.1, 0.15) is 5.75 Å². The molecule has 0 bridgehead atoms. The number of hydrogen-bond donors (Lipinski definition) is 1. The van der Waals surface area contributed by atoms with Crippen LogP contribution >= 0.6 is 11.6 Å². The number of carbonyl (C=O) groups is 1. The zero-order chi connectivity index (χ0) is 20.8. The Labute approximate surface area is 175 Å². The largest absolute Gasteiger partial charge is 0.491 e. The van der Waals surface area contributed by atoms with E-state index in [1.807, 2.05) is 51.1 Å². The van der Waals surface area contributed by atoms with Crippen molar-refractivity contribution in [2.45, 2.75) is 46.1 Å². The molecule has 0 saturated heterocycles. The van der Waals surface area contributed by atoms with Crippen molar-refractivity contribution in [3.8, 4) is 17.1 Å². The van der Waals surface area contributed by atoms with E-state index in [4.69, 9.17) is 20.9 Å². The maximum Gasteiger partial charge on any atom is 0.226 e. The molecule has 2 aromatic carbocycles. The minimum absolute atomic E-state index is 0.0527. The van der Waals surface area contributed by atoms with E-state index in [-0.39, 0.29) is 12.0 Å². The van der Waals surface area contributed by atoms with Crippen molar-refractivity contribution >= 4 is 23.2 Å². The molecule has 0 aliphatic heterocycles. The average Bonchev–Trinajstić information content (AvgIpc) is 3.13. The molecule has 3 aromatic rings. The lowest BCUT2D eigenvalue weighted by Crippen LogP contribution is -2.13. The summed E-state index contributed by atoms with van der Waals surface area (Å²) in [5.41, 5.74) is 2.58. The monoisotopic (exact) mass is 413 g/mol. The molecule has 0 fully saturated rings. The van der Waals surface area contributed by atoms with Gasteiger partial charge in [0.25, 0.3) is 0 Å². The quantitative estimate of drug-likeness (QED) is 0.531. The van der Waals surface area contributed by atoms with Gasteiger partial charge in [-0.2, -0.15) is 4.98 Å². The predicted octanol–water partition coefficient (Wildman–Crippen LogP) is 5.45. The molecule has 0 spiro atoms. The zero-order valence-electron chi connectivity index (χ0n) is 16.7. The Morgan fingerprint density at radius 2 is 1.97 bits per heavy atom. The smallest absolute Gasteiger partial charge is 0.226 e. The van der Waals surface area contributed by atoms with Crippen molar-refractivity contribution in [1.29, 1.82) is 0 Å². The van der Waals surface area contributed by atoms with Crippen molar-refractivity contribution in [3.05, 3.63) is 58.9 Å². The summed E-state index contributed by atoms with van der Waals surface area (Å²) in [6.45, 7) is 5.90. The van der Waals surface area contributed by atoms with Crippen LogP contribution in [0, 0.1) is 6.92 Å². The van der Waals surface area contributed by atoms with Gasteiger partial charge in [0.2, 0.25) is 17.6 Å². The van der Waals surface area contributed by atoms with Crippen LogP contribution < -0.4 is 10.1 Å². The summed E-state index contributed by atoms with van der Waals surface area (Å²) in [5, 5.41) is 7.57. The number of nitrogens with zero attached hydrogens (tertiary/aromatic N) is 2. The van der Waals surface area contributed by atoms with Crippen LogP contribution in [0.3, 0.4) is 0 Å². The number of anilines is 1. The third kappa shape index (κ3) is 6.06. The van der Waals surface area contributed by atoms with Crippen molar-refractivity contribution in [3.63, 3.8) is 0 Å². The van der Waals surface area contributed by atoms with Gasteiger partial charge in [0.05, 0.1) is 6.10 Å². The number of rotatable bonds is 8. The summed E-state index contributed by atoms with van der Waals surface area (Å²) in [7, 11) is 0. The van der Waals surface area contributed by atoms with E-state index in [1.165, 1.54) is 0 Å². The number of halogens is 1. The first-order chi connectivity index (χ1) is 13.9. The van der Waals surface area contributed by atoms with Crippen molar-refractivity contribution < 1.29 is 14.1 Å². The molecule has 1 aromatic heterocycles. The van der Waals surface area contributed by atoms with Crippen LogP contribution in [0.1, 0.15) is 38.1 Å². The maximum absolute atomic E-state index is 12.3. The molecular weight excluding hydrogens is 390 g/mol. The Bertz CT molecular complexity index is 968. The summed E-state index contributed by atoms with van der Waals surface area (Å²) in [5.74, 6) is 1.76. The average molecular weight is 414 g/mol. The van der Waals surface area contributed by atoms with E-state index in [1.54, 1.807) is 12.1 Å². The second kappa shape index (κ2) is 9.56. The van der Waals surface area contributed by atoms with Gasteiger partial charge in [-0.05, 0) is 75.2 Å². The SMILES string of the molecule is Cc1cc(OC(C)C)ccc1NC(=O)CCCc1nc(-c2ccc(Cl)cc2)no1. The summed E-state index contributed by atoms with van der Waals surface area (Å²) in [6.07, 6.45) is 1.62. The van der Waals surface area contributed by atoms with E-state index in [0.717, 1.165) is 22.6 Å². The highest BCUT2D eigenvalue weighted by atomic mass is 35.5.